The standard InChI is InChI=1S/C15H15N3/c1-10-4-3-5-15(13(10)9-16)18-12-7-6-11(2)14(17)8-12/h3-8,18H,17H2,1-2H3. The highest BCUT2D eigenvalue weighted by Crippen LogP contribution is 2.25. The Bertz CT molecular complexity index is 624. The average Bonchev–Trinajstić information content (AvgIpc) is 2.34. The van der Waals surface area contributed by atoms with Gasteiger partial charge < -0.3 is 11.1 Å². The molecule has 3 N–H and O–H groups in total. The maximum atomic E-state index is 9.16. The summed E-state index contributed by atoms with van der Waals surface area (Å²) in [6.45, 7) is 3.89. The van der Waals surface area contributed by atoms with Crippen LogP contribution in [0.15, 0.2) is 36.4 Å². The van der Waals surface area contributed by atoms with Crippen molar-refractivity contribution in [2.75, 3.05) is 11.1 Å². The topological polar surface area (TPSA) is 61.8 Å². The van der Waals surface area contributed by atoms with Gasteiger partial charge in [-0.15, -0.1) is 0 Å². The molecule has 0 heterocycles. The first-order chi connectivity index (χ1) is 8.61. The summed E-state index contributed by atoms with van der Waals surface area (Å²) >= 11 is 0. The van der Waals surface area contributed by atoms with Crippen LogP contribution in [0.1, 0.15) is 16.7 Å². The minimum absolute atomic E-state index is 0.664. The van der Waals surface area contributed by atoms with Crippen molar-refractivity contribution in [1.82, 2.24) is 0 Å². The second-order valence-corrected chi connectivity index (χ2v) is 4.31. The summed E-state index contributed by atoms with van der Waals surface area (Å²) in [5.41, 5.74) is 11.0. The molecule has 0 aliphatic heterocycles. The van der Waals surface area contributed by atoms with E-state index < -0.39 is 0 Å². The second-order valence-electron chi connectivity index (χ2n) is 4.31. The molecule has 3 heteroatoms. The summed E-state index contributed by atoms with van der Waals surface area (Å²) < 4.78 is 0. The van der Waals surface area contributed by atoms with Crippen molar-refractivity contribution >= 4 is 17.1 Å². The van der Waals surface area contributed by atoms with Crippen LogP contribution in [0.3, 0.4) is 0 Å². The minimum Gasteiger partial charge on any atom is -0.398 e. The summed E-state index contributed by atoms with van der Waals surface area (Å²) in [6, 6.07) is 13.7. The largest absolute Gasteiger partial charge is 0.398 e. The molecule has 0 aromatic heterocycles. The molecule has 0 aliphatic rings. The maximum Gasteiger partial charge on any atom is 0.102 e. The third-order valence-electron chi connectivity index (χ3n) is 2.94. The van der Waals surface area contributed by atoms with E-state index in [-0.39, 0.29) is 0 Å². The molecule has 0 bridgehead atoms. The first-order valence-corrected chi connectivity index (χ1v) is 5.74. The number of aryl methyl sites for hydroxylation is 2. The maximum absolute atomic E-state index is 9.16. The number of hydrogen-bond donors (Lipinski definition) is 2. The van der Waals surface area contributed by atoms with Gasteiger partial charge in [0.2, 0.25) is 0 Å². The predicted molar refractivity (Wildman–Crippen MR) is 74.8 cm³/mol. The fourth-order valence-electron chi connectivity index (χ4n) is 1.79. The van der Waals surface area contributed by atoms with E-state index in [0.717, 1.165) is 28.2 Å². The molecular weight excluding hydrogens is 222 g/mol. The van der Waals surface area contributed by atoms with E-state index in [9.17, 15) is 0 Å². The molecule has 0 amide bonds. The normalized spacial score (nSPS) is 9.83. The van der Waals surface area contributed by atoms with E-state index in [0.29, 0.717) is 5.56 Å². The Morgan fingerprint density at radius 2 is 1.89 bits per heavy atom. The Labute approximate surface area is 107 Å². The van der Waals surface area contributed by atoms with Gasteiger partial charge in [-0.2, -0.15) is 5.26 Å². The molecule has 0 spiro atoms. The monoisotopic (exact) mass is 237 g/mol. The van der Waals surface area contributed by atoms with Crippen LogP contribution in [0.25, 0.3) is 0 Å². The number of nitriles is 1. The highest BCUT2D eigenvalue weighted by Gasteiger charge is 2.05. The lowest BCUT2D eigenvalue weighted by Crippen LogP contribution is -1.97. The van der Waals surface area contributed by atoms with Crippen molar-refractivity contribution in [3.63, 3.8) is 0 Å². The van der Waals surface area contributed by atoms with Crippen molar-refractivity contribution < 1.29 is 0 Å². The lowest BCUT2D eigenvalue weighted by molar-refractivity contribution is 1.38. The summed E-state index contributed by atoms with van der Waals surface area (Å²) in [4.78, 5) is 0. The molecule has 3 nitrogen and oxygen atoms in total. The molecule has 0 saturated heterocycles. The summed E-state index contributed by atoms with van der Waals surface area (Å²) in [6.07, 6.45) is 0. The first-order valence-electron chi connectivity index (χ1n) is 5.74. The first kappa shape index (κ1) is 12.0. The van der Waals surface area contributed by atoms with E-state index in [1.165, 1.54) is 0 Å². The number of nitrogens with zero attached hydrogens (tertiary/aromatic N) is 1. The molecule has 18 heavy (non-hydrogen) atoms. The lowest BCUT2D eigenvalue weighted by atomic mass is 10.1. The zero-order chi connectivity index (χ0) is 13.1. The number of nitrogens with one attached hydrogen (secondary N) is 1. The number of benzene rings is 2. The summed E-state index contributed by atoms with van der Waals surface area (Å²) in [5.74, 6) is 0. The van der Waals surface area contributed by atoms with Gasteiger partial charge in [-0.1, -0.05) is 18.2 Å². The molecule has 0 aliphatic carbocycles. The zero-order valence-corrected chi connectivity index (χ0v) is 10.5. The smallest absolute Gasteiger partial charge is 0.102 e. The third-order valence-corrected chi connectivity index (χ3v) is 2.94. The van der Waals surface area contributed by atoms with Crippen LogP contribution in [0.5, 0.6) is 0 Å². The van der Waals surface area contributed by atoms with Gasteiger partial charge in [-0.05, 0) is 43.2 Å². The van der Waals surface area contributed by atoms with Crippen molar-refractivity contribution in [2.45, 2.75) is 13.8 Å². The molecule has 0 atom stereocenters. The molecule has 0 fully saturated rings. The predicted octanol–water partition coefficient (Wildman–Crippen LogP) is 3.50. The van der Waals surface area contributed by atoms with Gasteiger partial charge in [0.1, 0.15) is 6.07 Å². The molecular formula is C15H15N3. The summed E-state index contributed by atoms with van der Waals surface area (Å²) in [7, 11) is 0. The zero-order valence-electron chi connectivity index (χ0n) is 10.5. The van der Waals surface area contributed by atoms with E-state index in [1.807, 2.05) is 50.2 Å². The SMILES string of the molecule is Cc1ccc(Nc2cccc(C)c2C#N)cc1N. The Morgan fingerprint density at radius 3 is 2.56 bits per heavy atom. The Balaban J connectivity index is 2.37. The highest BCUT2D eigenvalue weighted by molar-refractivity contribution is 5.70. The fourth-order valence-corrected chi connectivity index (χ4v) is 1.79. The van der Waals surface area contributed by atoms with Gasteiger partial charge in [0, 0.05) is 11.4 Å². The number of hydrogen-bond acceptors (Lipinski definition) is 3. The fraction of sp³-hybridized carbons (Fsp3) is 0.133. The number of anilines is 3. The van der Waals surface area contributed by atoms with Crippen LogP contribution in [-0.4, -0.2) is 0 Å². The molecule has 90 valence electrons. The van der Waals surface area contributed by atoms with E-state index in [2.05, 4.69) is 11.4 Å². The van der Waals surface area contributed by atoms with Crippen molar-refractivity contribution in [3.8, 4) is 6.07 Å². The summed E-state index contributed by atoms with van der Waals surface area (Å²) in [5, 5.41) is 12.4. The quantitative estimate of drug-likeness (QED) is 0.786. The van der Waals surface area contributed by atoms with Gasteiger partial charge in [0.15, 0.2) is 0 Å². The van der Waals surface area contributed by atoms with Crippen molar-refractivity contribution in [2.24, 2.45) is 0 Å². The van der Waals surface area contributed by atoms with Crippen LogP contribution >= 0.6 is 0 Å². The van der Waals surface area contributed by atoms with Gasteiger partial charge in [0.05, 0.1) is 11.3 Å². The van der Waals surface area contributed by atoms with E-state index in [4.69, 9.17) is 11.0 Å². The Hall–Kier alpha value is -2.47. The van der Waals surface area contributed by atoms with Crippen molar-refractivity contribution in [3.05, 3.63) is 53.1 Å². The number of rotatable bonds is 2. The van der Waals surface area contributed by atoms with E-state index in [1.54, 1.807) is 0 Å². The Kier molecular flexibility index (Phi) is 3.20. The van der Waals surface area contributed by atoms with E-state index >= 15 is 0 Å². The van der Waals surface area contributed by atoms with Gasteiger partial charge in [0.25, 0.3) is 0 Å². The molecule has 2 aromatic carbocycles. The molecule has 0 radical (unpaired) electrons. The van der Waals surface area contributed by atoms with Gasteiger partial charge >= 0.3 is 0 Å². The van der Waals surface area contributed by atoms with Crippen LogP contribution < -0.4 is 11.1 Å². The third kappa shape index (κ3) is 2.28. The Morgan fingerprint density at radius 1 is 1.11 bits per heavy atom. The molecule has 0 unspecified atom stereocenters. The van der Waals surface area contributed by atoms with Crippen molar-refractivity contribution in [1.29, 1.82) is 5.26 Å². The number of nitrogens with two attached hydrogens (primary N) is 1. The lowest BCUT2D eigenvalue weighted by Gasteiger charge is -2.11. The molecule has 2 aromatic rings. The van der Waals surface area contributed by atoms with Gasteiger partial charge in [-0.25, -0.2) is 0 Å². The molecule has 0 saturated carbocycles. The van der Waals surface area contributed by atoms with Crippen LogP contribution in [0, 0.1) is 25.2 Å². The highest BCUT2D eigenvalue weighted by atomic mass is 14.9. The molecule has 2 rings (SSSR count). The minimum atomic E-state index is 0.664. The average molecular weight is 237 g/mol. The van der Waals surface area contributed by atoms with Gasteiger partial charge in [-0.3, -0.25) is 0 Å². The van der Waals surface area contributed by atoms with Crippen LogP contribution in [0.4, 0.5) is 17.1 Å². The van der Waals surface area contributed by atoms with Crippen LogP contribution in [0.2, 0.25) is 0 Å². The number of nitrogen functional groups attached to an aromatic ring is 1. The van der Waals surface area contributed by atoms with Crippen LogP contribution in [-0.2, 0) is 0 Å². The second kappa shape index (κ2) is 4.80.